The van der Waals surface area contributed by atoms with E-state index in [1.165, 1.54) is 23.8 Å². The number of hydrogen-bond acceptors (Lipinski definition) is 5. The van der Waals surface area contributed by atoms with E-state index in [1.54, 1.807) is 6.92 Å². The molecule has 1 aromatic rings. The lowest BCUT2D eigenvalue weighted by atomic mass is 10.2. The first-order chi connectivity index (χ1) is 7.95. The van der Waals surface area contributed by atoms with E-state index in [9.17, 15) is 9.90 Å². The number of rotatable bonds is 5. The third-order valence-corrected chi connectivity index (χ3v) is 2.65. The van der Waals surface area contributed by atoms with Gasteiger partial charge in [0.15, 0.2) is 4.77 Å². The molecule has 0 radical (unpaired) electrons. The van der Waals surface area contributed by atoms with Gasteiger partial charge in [0.2, 0.25) is 0 Å². The van der Waals surface area contributed by atoms with Crippen LogP contribution in [0.25, 0.3) is 0 Å². The average molecular weight is 260 g/mol. The van der Waals surface area contributed by atoms with Crippen molar-refractivity contribution in [3.05, 3.63) is 27.4 Å². The molecule has 2 unspecified atom stereocenters. The first-order valence-corrected chi connectivity index (χ1v) is 5.62. The van der Waals surface area contributed by atoms with Crippen molar-refractivity contribution in [1.82, 2.24) is 9.55 Å². The van der Waals surface area contributed by atoms with E-state index < -0.39 is 18.4 Å². The SMILES string of the molecule is CC(OC(CO)[C@@H](C)O)n1ccc(=O)[nH]c1=S. The van der Waals surface area contributed by atoms with Crippen LogP contribution in [0.4, 0.5) is 0 Å². The Balaban J connectivity index is 2.86. The zero-order valence-corrected chi connectivity index (χ0v) is 10.5. The molecule has 0 amide bonds. The molecule has 0 aliphatic heterocycles. The van der Waals surface area contributed by atoms with E-state index >= 15 is 0 Å². The lowest BCUT2D eigenvalue weighted by Crippen LogP contribution is -2.32. The number of H-pyrrole nitrogens is 1. The lowest BCUT2D eigenvalue weighted by Gasteiger charge is -2.24. The van der Waals surface area contributed by atoms with Crippen LogP contribution in [-0.4, -0.2) is 38.6 Å². The quantitative estimate of drug-likeness (QED) is 0.657. The Hall–Kier alpha value is -1.02. The number of aliphatic hydroxyl groups is 2. The summed E-state index contributed by atoms with van der Waals surface area (Å²) in [7, 11) is 0. The summed E-state index contributed by atoms with van der Waals surface area (Å²) in [5.74, 6) is 0. The number of nitrogens with zero attached hydrogens (tertiary/aromatic N) is 1. The molecule has 17 heavy (non-hydrogen) atoms. The molecule has 6 nitrogen and oxygen atoms in total. The van der Waals surface area contributed by atoms with Crippen LogP contribution in [0.2, 0.25) is 0 Å². The van der Waals surface area contributed by atoms with Crippen LogP contribution in [-0.2, 0) is 4.74 Å². The van der Waals surface area contributed by atoms with E-state index in [1.807, 2.05) is 0 Å². The second-order valence-corrected chi connectivity index (χ2v) is 4.10. The summed E-state index contributed by atoms with van der Waals surface area (Å²) in [6, 6.07) is 1.33. The maximum absolute atomic E-state index is 11.0. The van der Waals surface area contributed by atoms with E-state index in [2.05, 4.69) is 4.98 Å². The molecule has 7 heteroatoms. The molecule has 1 heterocycles. The maximum atomic E-state index is 11.0. The molecular weight excluding hydrogens is 244 g/mol. The third kappa shape index (κ3) is 3.74. The zero-order valence-electron chi connectivity index (χ0n) is 9.66. The standard InChI is InChI=1S/C10H16N2O4S/c1-6(14)8(5-13)16-7(2)12-4-3-9(15)11-10(12)17/h3-4,6-8,13-14H,5H2,1-2H3,(H,11,15,17)/t6-,7?,8?/m1/s1. The molecule has 96 valence electrons. The predicted molar refractivity (Wildman–Crippen MR) is 64.2 cm³/mol. The molecule has 0 fully saturated rings. The summed E-state index contributed by atoms with van der Waals surface area (Å²) >= 11 is 4.97. The van der Waals surface area contributed by atoms with Gasteiger partial charge in [-0.25, -0.2) is 0 Å². The molecular formula is C10H16N2O4S. The second kappa shape index (κ2) is 6.06. The Morgan fingerprint density at radius 3 is 2.71 bits per heavy atom. The fourth-order valence-electron chi connectivity index (χ4n) is 1.34. The Kier molecular flexibility index (Phi) is 5.01. The van der Waals surface area contributed by atoms with Crippen molar-refractivity contribution in [1.29, 1.82) is 0 Å². The number of aromatic nitrogens is 2. The van der Waals surface area contributed by atoms with Gasteiger partial charge in [0.1, 0.15) is 12.3 Å². The molecule has 0 aliphatic carbocycles. The van der Waals surface area contributed by atoms with Crippen LogP contribution in [0.15, 0.2) is 17.1 Å². The van der Waals surface area contributed by atoms with Crippen molar-refractivity contribution in [2.45, 2.75) is 32.3 Å². The zero-order chi connectivity index (χ0) is 13.0. The Labute approximate surface area is 103 Å². The number of hydrogen-bond donors (Lipinski definition) is 3. The van der Waals surface area contributed by atoms with Crippen LogP contribution < -0.4 is 5.56 Å². The van der Waals surface area contributed by atoms with Gasteiger partial charge in [0, 0.05) is 12.3 Å². The molecule has 0 aromatic carbocycles. The van der Waals surface area contributed by atoms with Gasteiger partial charge >= 0.3 is 0 Å². The maximum Gasteiger partial charge on any atom is 0.251 e. The molecule has 0 aliphatic rings. The van der Waals surface area contributed by atoms with Crippen molar-refractivity contribution >= 4 is 12.2 Å². The number of ether oxygens (including phenoxy) is 1. The van der Waals surface area contributed by atoms with Crippen LogP contribution >= 0.6 is 12.2 Å². The molecule has 1 rings (SSSR count). The fourth-order valence-corrected chi connectivity index (χ4v) is 1.65. The number of aromatic amines is 1. The molecule has 3 N–H and O–H groups in total. The average Bonchev–Trinajstić information content (AvgIpc) is 2.24. The van der Waals surface area contributed by atoms with Crippen LogP contribution in [0.3, 0.4) is 0 Å². The van der Waals surface area contributed by atoms with Crippen molar-refractivity contribution < 1.29 is 14.9 Å². The Bertz CT molecular complexity index is 468. The van der Waals surface area contributed by atoms with Crippen molar-refractivity contribution in [3.63, 3.8) is 0 Å². The Morgan fingerprint density at radius 2 is 2.24 bits per heavy atom. The summed E-state index contributed by atoms with van der Waals surface area (Å²) in [6.45, 7) is 2.94. The van der Waals surface area contributed by atoms with Crippen LogP contribution in [0, 0.1) is 4.77 Å². The smallest absolute Gasteiger partial charge is 0.251 e. The van der Waals surface area contributed by atoms with Gasteiger partial charge < -0.3 is 14.9 Å². The summed E-state index contributed by atoms with van der Waals surface area (Å²) in [4.78, 5) is 13.5. The van der Waals surface area contributed by atoms with Crippen LogP contribution in [0.1, 0.15) is 20.1 Å². The topological polar surface area (TPSA) is 87.5 Å². The van der Waals surface area contributed by atoms with Crippen molar-refractivity contribution in [3.8, 4) is 0 Å². The second-order valence-electron chi connectivity index (χ2n) is 3.71. The van der Waals surface area contributed by atoms with E-state index in [0.717, 1.165) is 0 Å². The molecule has 0 saturated carbocycles. The minimum atomic E-state index is -0.792. The van der Waals surface area contributed by atoms with Gasteiger partial charge in [0.05, 0.1) is 12.7 Å². The lowest BCUT2D eigenvalue weighted by molar-refractivity contribution is -0.112. The molecule has 0 spiro atoms. The number of nitrogens with one attached hydrogen (secondary N) is 1. The van der Waals surface area contributed by atoms with Crippen molar-refractivity contribution in [2.24, 2.45) is 0 Å². The van der Waals surface area contributed by atoms with E-state index in [4.69, 9.17) is 22.1 Å². The molecule has 0 bridgehead atoms. The normalized spacial score (nSPS) is 16.5. The first kappa shape index (κ1) is 14.0. The first-order valence-electron chi connectivity index (χ1n) is 5.21. The summed E-state index contributed by atoms with van der Waals surface area (Å²) in [5.41, 5.74) is -0.285. The summed E-state index contributed by atoms with van der Waals surface area (Å²) < 4.78 is 7.20. The number of aliphatic hydroxyl groups excluding tert-OH is 2. The van der Waals surface area contributed by atoms with Gasteiger partial charge in [-0.1, -0.05) is 0 Å². The fraction of sp³-hybridized carbons (Fsp3) is 0.600. The third-order valence-electron chi connectivity index (χ3n) is 2.33. The highest BCUT2D eigenvalue weighted by molar-refractivity contribution is 7.71. The van der Waals surface area contributed by atoms with Gasteiger partial charge in [-0.2, -0.15) is 0 Å². The van der Waals surface area contributed by atoms with Crippen molar-refractivity contribution in [2.75, 3.05) is 6.61 Å². The highest BCUT2D eigenvalue weighted by Crippen LogP contribution is 2.12. The summed E-state index contributed by atoms with van der Waals surface area (Å²) in [5, 5.41) is 18.4. The van der Waals surface area contributed by atoms with Crippen LogP contribution in [0.5, 0.6) is 0 Å². The highest BCUT2D eigenvalue weighted by Gasteiger charge is 2.18. The molecule has 1 aromatic heterocycles. The van der Waals surface area contributed by atoms with Gasteiger partial charge in [-0.3, -0.25) is 14.3 Å². The minimum absolute atomic E-state index is 0.229. The highest BCUT2D eigenvalue weighted by atomic mass is 32.1. The monoisotopic (exact) mass is 260 g/mol. The van der Waals surface area contributed by atoms with Gasteiger partial charge in [-0.05, 0) is 26.1 Å². The van der Waals surface area contributed by atoms with Gasteiger partial charge in [-0.15, -0.1) is 0 Å². The van der Waals surface area contributed by atoms with E-state index in [-0.39, 0.29) is 16.9 Å². The minimum Gasteiger partial charge on any atom is -0.394 e. The largest absolute Gasteiger partial charge is 0.394 e. The Morgan fingerprint density at radius 1 is 1.59 bits per heavy atom. The van der Waals surface area contributed by atoms with E-state index in [0.29, 0.717) is 0 Å². The predicted octanol–water partition coefficient (Wildman–Crippen LogP) is 0.183. The molecule has 0 saturated heterocycles. The van der Waals surface area contributed by atoms with Gasteiger partial charge in [0.25, 0.3) is 5.56 Å². The summed E-state index contributed by atoms with van der Waals surface area (Å²) in [6.07, 6.45) is -0.480. The molecule has 3 atom stereocenters.